The maximum atomic E-state index is 13.3. The lowest BCUT2D eigenvalue weighted by molar-refractivity contribution is -0.0263. The second kappa shape index (κ2) is 1.96. The van der Waals surface area contributed by atoms with Crippen LogP contribution in [0.25, 0.3) is 0 Å². The molecule has 1 fully saturated rings. The molecule has 0 nitrogen and oxygen atoms in total. The van der Waals surface area contributed by atoms with Crippen molar-refractivity contribution in [2.45, 2.75) is 39.3 Å². The van der Waals surface area contributed by atoms with Crippen molar-refractivity contribution in [3.05, 3.63) is 0 Å². The molecule has 0 aliphatic heterocycles. The van der Waals surface area contributed by atoms with Gasteiger partial charge in [-0.25, -0.2) is 4.39 Å². The lowest BCUT2D eigenvalue weighted by atomic mass is 9.68. The third kappa shape index (κ3) is 1.10. The molecule has 0 amide bonds. The molecule has 0 atom stereocenters. The van der Waals surface area contributed by atoms with Gasteiger partial charge in [0.25, 0.3) is 0 Å². The normalized spacial score (nSPS) is 43.0. The van der Waals surface area contributed by atoms with Crippen LogP contribution in [-0.2, 0) is 0 Å². The average Bonchev–Trinajstić information content (AvgIpc) is 1.62. The Labute approximate surface area is 56.5 Å². The standard InChI is InChI=1S/C8H15F/c1-6(2)8(9)4-7(3)5-8/h6-7H,4-5H2,1-3H3/t7-,8+. The van der Waals surface area contributed by atoms with Gasteiger partial charge in [0.05, 0.1) is 0 Å². The van der Waals surface area contributed by atoms with Crippen LogP contribution < -0.4 is 0 Å². The van der Waals surface area contributed by atoms with Crippen molar-refractivity contribution >= 4 is 0 Å². The van der Waals surface area contributed by atoms with Gasteiger partial charge in [0.2, 0.25) is 0 Å². The molecule has 0 aromatic carbocycles. The molecule has 0 aromatic heterocycles. The quantitative estimate of drug-likeness (QED) is 0.512. The van der Waals surface area contributed by atoms with Gasteiger partial charge in [-0.1, -0.05) is 20.8 Å². The highest BCUT2D eigenvalue weighted by Gasteiger charge is 2.44. The first-order valence-corrected chi connectivity index (χ1v) is 3.73. The van der Waals surface area contributed by atoms with Crippen LogP contribution in [0.4, 0.5) is 4.39 Å². The van der Waals surface area contributed by atoms with E-state index < -0.39 is 5.67 Å². The van der Waals surface area contributed by atoms with Crippen LogP contribution in [0.15, 0.2) is 0 Å². The van der Waals surface area contributed by atoms with Crippen molar-refractivity contribution in [3.63, 3.8) is 0 Å². The Hall–Kier alpha value is -0.0700. The molecule has 0 heterocycles. The van der Waals surface area contributed by atoms with E-state index in [0.29, 0.717) is 5.92 Å². The van der Waals surface area contributed by atoms with Crippen molar-refractivity contribution in [1.29, 1.82) is 0 Å². The summed E-state index contributed by atoms with van der Waals surface area (Å²) >= 11 is 0. The molecule has 1 rings (SSSR count). The number of alkyl halides is 1. The third-order valence-corrected chi connectivity index (χ3v) is 2.41. The topological polar surface area (TPSA) is 0 Å². The highest BCUT2D eigenvalue weighted by atomic mass is 19.1. The van der Waals surface area contributed by atoms with Gasteiger partial charge in [-0.05, 0) is 24.7 Å². The summed E-state index contributed by atoms with van der Waals surface area (Å²) < 4.78 is 13.3. The fourth-order valence-electron chi connectivity index (χ4n) is 1.57. The van der Waals surface area contributed by atoms with Crippen molar-refractivity contribution in [2.24, 2.45) is 11.8 Å². The van der Waals surface area contributed by atoms with Gasteiger partial charge in [-0.2, -0.15) is 0 Å². The van der Waals surface area contributed by atoms with E-state index in [-0.39, 0.29) is 5.92 Å². The Morgan fingerprint density at radius 2 is 1.89 bits per heavy atom. The first-order valence-electron chi connectivity index (χ1n) is 3.73. The third-order valence-electron chi connectivity index (χ3n) is 2.41. The molecule has 0 radical (unpaired) electrons. The monoisotopic (exact) mass is 130 g/mol. The van der Waals surface area contributed by atoms with E-state index in [0.717, 1.165) is 12.8 Å². The molecule has 0 N–H and O–H groups in total. The van der Waals surface area contributed by atoms with E-state index in [9.17, 15) is 4.39 Å². The molecule has 54 valence electrons. The van der Waals surface area contributed by atoms with Crippen molar-refractivity contribution < 1.29 is 4.39 Å². The zero-order valence-corrected chi connectivity index (χ0v) is 6.45. The summed E-state index contributed by atoms with van der Waals surface area (Å²) in [6, 6.07) is 0. The lowest BCUT2D eigenvalue weighted by Crippen LogP contribution is -2.42. The lowest BCUT2D eigenvalue weighted by Gasteiger charge is -2.42. The Bertz CT molecular complexity index is 101. The van der Waals surface area contributed by atoms with Crippen molar-refractivity contribution in [2.75, 3.05) is 0 Å². The van der Waals surface area contributed by atoms with Crippen LogP contribution >= 0.6 is 0 Å². The van der Waals surface area contributed by atoms with Crippen molar-refractivity contribution in [3.8, 4) is 0 Å². The maximum absolute atomic E-state index is 13.3. The van der Waals surface area contributed by atoms with Crippen LogP contribution in [0.5, 0.6) is 0 Å². The molecule has 1 aliphatic carbocycles. The van der Waals surface area contributed by atoms with Crippen LogP contribution in [0.1, 0.15) is 33.6 Å². The largest absolute Gasteiger partial charge is 0.244 e. The predicted octanol–water partition coefficient (Wildman–Crippen LogP) is 2.78. The van der Waals surface area contributed by atoms with E-state index in [1.807, 2.05) is 13.8 Å². The maximum Gasteiger partial charge on any atom is 0.113 e. The molecule has 0 saturated heterocycles. The summed E-state index contributed by atoms with van der Waals surface area (Å²) in [4.78, 5) is 0. The van der Waals surface area contributed by atoms with E-state index in [4.69, 9.17) is 0 Å². The van der Waals surface area contributed by atoms with Crippen LogP contribution in [0.3, 0.4) is 0 Å². The van der Waals surface area contributed by atoms with Gasteiger partial charge in [-0.15, -0.1) is 0 Å². The Kier molecular flexibility index (Phi) is 1.54. The van der Waals surface area contributed by atoms with Gasteiger partial charge in [-0.3, -0.25) is 0 Å². The minimum absolute atomic E-state index is 0.216. The SMILES string of the molecule is CC(C)[C@]1(F)C[C@@H](C)C1. The summed E-state index contributed by atoms with van der Waals surface area (Å²) in [5.74, 6) is 0.839. The summed E-state index contributed by atoms with van der Waals surface area (Å²) in [6.07, 6.45) is 1.56. The van der Waals surface area contributed by atoms with E-state index >= 15 is 0 Å². The Balaban J connectivity index is 2.40. The molecule has 0 bridgehead atoms. The van der Waals surface area contributed by atoms with Crippen LogP contribution in [0.2, 0.25) is 0 Å². The molecular weight excluding hydrogens is 115 g/mol. The van der Waals surface area contributed by atoms with Gasteiger partial charge < -0.3 is 0 Å². The fourth-order valence-corrected chi connectivity index (χ4v) is 1.57. The summed E-state index contributed by atoms with van der Waals surface area (Å²) in [5, 5.41) is 0. The van der Waals surface area contributed by atoms with Gasteiger partial charge in [0.15, 0.2) is 0 Å². The van der Waals surface area contributed by atoms with Crippen LogP contribution in [-0.4, -0.2) is 5.67 Å². The zero-order chi connectivity index (χ0) is 7.07. The Morgan fingerprint density at radius 3 is 2.00 bits per heavy atom. The number of hydrogen-bond donors (Lipinski definition) is 0. The highest BCUT2D eigenvalue weighted by Crippen LogP contribution is 2.45. The van der Waals surface area contributed by atoms with Gasteiger partial charge in [0, 0.05) is 0 Å². The number of hydrogen-bond acceptors (Lipinski definition) is 0. The minimum atomic E-state index is -0.806. The van der Waals surface area contributed by atoms with E-state index in [2.05, 4.69) is 6.92 Å². The number of rotatable bonds is 1. The van der Waals surface area contributed by atoms with E-state index in [1.54, 1.807) is 0 Å². The molecule has 1 saturated carbocycles. The molecule has 9 heavy (non-hydrogen) atoms. The smallest absolute Gasteiger partial charge is 0.113 e. The summed E-state index contributed by atoms with van der Waals surface area (Å²) in [7, 11) is 0. The number of halogens is 1. The highest BCUT2D eigenvalue weighted by molar-refractivity contribution is 4.94. The molecule has 0 unspecified atom stereocenters. The Morgan fingerprint density at radius 1 is 1.44 bits per heavy atom. The van der Waals surface area contributed by atoms with E-state index in [1.165, 1.54) is 0 Å². The van der Waals surface area contributed by atoms with Gasteiger partial charge in [0.1, 0.15) is 5.67 Å². The molecule has 1 heteroatoms. The first kappa shape index (κ1) is 7.04. The summed E-state index contributed by atoms with van der Waals surface area (Å²) in [6.45, 7) is 6.04. The predicted molar refractivity (Wildman–Crippen MR) is 37.1 cm³/mol. The van der Waals surface area contributed by atoms with Gasteiger partial charge >= 0.3 is 0 Å². The van der Waals surface area contributed by atoms with Crippen LogP contribution in [0, 0.1) is 11.8 Å². The molecule has 1 aliphatic rings. The molecular formula is C8H15F. The average molecular weight is 130 g/mol. The minimum Gasteiger partial charge on any atom is -0.244 e. The van der Waals surface area contributed by atoms with Crippen molar-refractivity contribution in [1.82, 2.24) is 0 Å². The first-order chi connectivity index (χ1) is 4.04. The molecule has 0 spiro atoms. The molecule has 0 aromatic rings. The second-order valence-electron chi connectivity index (χ2n) is 3.70. The second-order valence-corrected chi connectivity index (χ2v) is 3.70. The zero-order valence-electron chi connectivity index (χ0n) is 6.45. The summed E-state index contributed by atoms with van der Waals surface area (Å²) in [5.41, 5.74) is -0.806. The fraction of sp³-hybridized carbons (Fsp3) is 1.00.